The van der Waals surface area contributed by atoms with Crippen LogP contribution in [0.3, 0.4) is 0 Å². The summed E-state index contributed by atoms with van der Waals surface area (Å²) in [6, 6.07) is 18.5. The smallest absolute Gasteiger partial charge is 0.406 e. The topological polar surface area (TPSA) is 57.7 Å². The maximum Gasteiger partial charge on any atom is 0.573 e. The molecule has 6 nitrogen and oxygen atoms in total. The van der Waals surface area contributed by atoms with Crippen LogP contribution in [0.15, 0.2) is 72.1 Å². The Morgan fingerprint density at radius 2 is 1.71 bits per heavy atom. The Hall–Kier alpha value is -3.31. The third-order valence-electron chi connectivity index (χ3n) is 6.46. The Kier molecular flexibility index (Phi) is 9.03. The third kappa shape index (κ3) is 7.71. The zero-order chi connectivity index (χ0) is 29.0. The number of nitrogens with zero attached hydrogens (tertiary/aromatic N) is 3. The second-order valence-electron chi connectivity index (χ2n) is 9.43. The van der Waals surface area contributed by atoms with Gasteiger partial charge in [0.2, 0.25) is 0 Å². The predicted octanol–water partition coefficient (Wildman–Crippen LogP) is 7.27. The van der Waals surface area contributed by atoms with Crippen molar-refractivity contribution in [3.05, 3.63) is 98.8 Å². The minimum absolute atomic E-state index is 0.0115. The van der Waals surface area contributed by atoms with Crippen molar-refractivity contribution < 1.29 is 22.7 Å². The number of alkyl halides is 3. The molecular weight excluding hydrogens is 596 g/mol. The molecule has 0 aliphatic carbocycles. The van der Waals surface area contributed by atoms with Crippen molar-refractivity contribution in [1.29, 1.82) is 0 Å². The van der Waals surface area contributed by atoms with Gasteiger partial charge < -0.3 is 19.9 Å². The fraction of sp³-hybridized carbons (Fsp3) is 0.241. The van der Waals surface area contributed by atoms with Gasteiger partial charge in [-0.2, -0.15) is 0 Å². The maximum atomic E-state index is 12.9. The number of carbonyl (C=O) groups excluding carboxylic acids is 1. The third-order valence-corrected chi connectivity index (χ3v) is 8.10. The summed E-state index contributed by atoms with van der Waals surface area (Å²) in [5.41, 5.74) is 3.62. The van der Waals surface area contributed by atoms with Gasteiger partial charge in [0, 0.05) is 55.8 Å². The lowest BCUT2D eigenvalue weighted by molar-refractivity contribution is -0.274. The number of rotatable bonds is 8. The van der Waals surface area contributed by atoms with Crippen LogP contribution in [0.2, 0.25) is 10.0 Å². The Labute approximate surface area is 249 Å². The van der Waals surface area contributed by atoms with Crippen LogP contribution >= 0.6 is 34.5 Å². The van der Waals surface area contributed by atoms with E-state index in [4.69, 9.17) is 28.2 Å². The summed E-state index contributed by atoms with van der Waals surface area (Å²) in [4.78, 5) is 21.5. The van der Waals surface area contributed by atoms with Gasteiger partial charge >= 0.3 is 6.36 Å². The molecule has 0 bridgehead atoms. The van der Waals surface area contributed by atoms with Crippen molar-refractivity contribution in [3.63, 3.8) is 0 Å². The van der Waals surface area contributed by atoms with E-state index in [0.29, 0.717) is 51.6 Å². The first-order chi connectivity index (χ1) is 19.6. The molecule has 1 N–H and O–H groups in total. The van der Waals surface area contributed by atoms with Crippen LogP contribution in [0, 0.1) is 0 Å². The van der Waals surface area contributed by atoms with E-state index in [-0.39, 0.29) is 18.2 Å². The van der Waals surface area contributed by atoms with E-state index in [1.807, 2.05) is 33.4 Å². The number of amides is 1. The van der Waals surface area contributed by atoms with E-state index in [9.17, 15) is 18.0 Å². The lowest BCUT2D eigenvalue weighted by Crippen LogP contribution is -2.46. The molecule has 0 saturated carbocycles. The lowest BCUT2D eigenvalue weighted by atomic mass is 10.1. The van der Waals surface area contributed by atoms with Crippen molar-refractivity contribution in [1.82, 2.24) is 15.2 Å². The summed E-state index contributed by atoms with van der Waals surface area (Å²) < 4.78 is 42.6. The molecule has 1 fully saturated rings. The monoisotopic (exact) mass is 620 g/mol. The van der Waals surface area contributed by atoms with E-state index in [0.717, 1.165) is 24.2 Å². The molecule has 1 aliphatic rings. The van der Waals surface area contributed by atoms with Crippen LogP contribution in [-0.2, 0) is 13.1 Å². The van der Waals surface area contributed by atoms with E-state index >= 15 is 0 Å². The molecule has 214 valence electrons. The van der Waals surface area contributed by atoms with Crippen LogP contribution in [-0.4, -0.2) is 48.3 Å². The number of halogens is 5. The molecule has 0 atom stereocenters. The van der Waals surface area contributed by atoms with Crippen LogP contribution in [0.1, 0.15) is 21.5 Å². The van der Waals surface area contributed by atoms with Gasteiger partial charge in [0.25, 0.3) is 5.91 Å². The summed E-state index contributed by atoms with van der Waals surface area (Å²) in [6.45, 7) is 3.54. The minimum Gasteiger partial charge on any atom is -0.406 e. The molecule has 41 heavy (non-hydrogen) atoms. The van der Waals surface area contributed by atoms with Crippen LogP contribution in [0.25, 0.3) is 11.3 Å². The van der Waals surface area contributed by atoms with Gasteiger partial charge in [-0.15, -0.1) is 24.5 Å². The summed E-state index contributed by atoms with van der Waals surface area (Å²) in [7, 11) is 0. The average molecular weight is 622 g/mol. The summed E-state index contributed by atoms with van der Waals surface area (Å²) >= 11 is 13.7. The Balaban J connectivity index is 1.40. The molecular formula is C29H25Cl2F3N4O2S. The number of hydrogen-bond donors (Lipinski definition) is 1. The molecule has 1 amide bonds. The van der Waals surface area contributed by atoms with E-state index in [2.05, 4.69) is 10.1 Å². The van der Waals surface area contributed by atoms with Gasteiger partial charge in [0.15, 0.2) is 5.13 Å². The van der Waals surface area contributed by atoms with Crippen molar-refractivity contribution in [2.45, 2.75) is 19.5 Å². The molecule has 5 rings (SSSR count). The van der Waals surface area contributed by atoms with Crippen molar-refractivity contribution in [2.75, 3.05) is 31.1 Å². The van der Waals surface area contributed by atoms with Gasteiger partial charge in [0.05, 0.1) is 15.7 Å². The first-order valence-corrected chi connectivity index (χ1v) is 14.4. The second-order valence-corrected chi connectivity index (χ2v) is 11.1. The summed E-state index contributed by atoms with van der Waals surface area (Å²) in [5, 5.41) is 6.64. The number of benzene rings is 3. The normalized spacial score (nSPS) is 13.7. The first kappa shape index (κ1) is 29.2. The second kappa shape index (κ2) is 12.7. The van der Waals surface area contributed by atoms with E-state index in [1.54, 1.807) is 30.3 Å². The molecule has 12 heteroatoms. The van der Waals surface area contributed by atoms with Crippen molar-refractivity contribution >= 4 is 45.6 Å². The van der Waals surface area contributed by atoms with Gasteiger partial charge in [-0.1, -0.05) is 53.5 Å². The van der Waals surface area contributed by atoms with Crippen LogP contribution in [0.4, 0.5) is 18.3 Å². The predicted molar refractivity (Wildman–Crippen MR) is 156 cm³/mol. The van der Waals surface area contributed by atoms with E-state index < -0.39 is 6.36 Å². The van der Waals surface area contributed by atoms with Crippen molar-refractivity contribution in [2.24, 2.45) is 0 Å². The molecule has 3 aromatic carbocycles. The Bertz CT molecular complexity index is 1510. The first-order valence-electron chi connectivity index (χ1n) is 12.7. The standard InChI is InChI=1S/C29H25Cl2F3N4O2S/c30-24-9-8-22(15-25(24)31)26-18-41-28(36-26)38(17-20-2-1-3-23(14-20)40-29(32,33)34)16-19-4-6-21(7-5-19)27(39)37-12-10-35-11-13-37/h1-9,14-15,18,35H,10-13,16-17H2. The highest BCUT2D eigenvalue weighted by Crippen LogP contribution is 2.33. The minimum atomic E-state index is -4.79. The molecule has 0 radical (unpaired) electrons. The highest BCUT2D eigenvalue weighted by molar-refractivity contribution is 7.14. The maximum absolute atomic E-state index is 12.9. The summed E-state index contributed by atoms with van der Waals surface area (Å²) in [6.07, 6.45) is -4.79. The van der Waals surface area contributed by atoms with Gasteiger partial charge in [-0.25, -0.2) is 4.98 Å². The van der Waals surface area contributed by atoms with E-state index in [1.165, 1.54) is 29.5 Å². The highest BCUT2D eigenvalue weighted by atomic mass is 35.5. The number of aromatic nitrogens is 1. The molecule has 0 spiro atoms. The Morgan fingerprint density at radius 1 is 0.976 bits per heavy atom. The van der Waals surface area contributed by atoms with Crippen LogP contribution < -0.4 is 15.0 Å². The molecule has 1 aromatic heterocycles. The molecule has 1 saturated heterocycles. The zero-order valence-corrected chi connectivity index (χ0v) is 24.0. The lowest BCUT2D eigenvalue weighted by Gasteiger charge is -2.27. The number of anilines is 1. The summed E-state index contributed by atoms with van der Waals surface area (Å²) in [5.74, 6) is -0.302. The fourth-order valence-electron chi connectivity index (χ4n) is 4.47. The number of carbonyl (C=O) groups is 1. The Morgan fingerprint density at radius 3 is 2.41 bits per heavy atom. The number of thiazole rings is 1. The number of piperazine rings is 1. The largest absolute Gasteiger partial charge is 0.573 e. The van der Waals surface area contributed by atoms with Gasteiger partial charge in [0.1, 0.15) is 5.75 Å². The molecule has 2 heterocycles. The zero-order valence-electron chi connectivity index (χ0n) is 21.6. The van der Waals surface area contributed by atoms with Crippen LogP contribution in [0.5, 0.6) is 5.75 Å². The number of ether oxygens (including phenoxy) is 1. The molecule has 4 aromatic rings. The molecule has 1 aliphatic heterocycles. The molecule has 0 unspecified atom stereocenters. The highest BCUT2D eigenvalue weighted by Gasteiger charge is 2.31. The van der Waals surface area contributed by atoms with Gasteiger partial charge in [-0.05, 0) is 47.5 Å². The van der Waals surface area contributed by atoms with Gasteiger partial charge in [-0.3, -0.25) is 4.79 Å². The SMILES string of the molecule is O=C(c1ccc(CN(Cc2cccc(OC(F)(F)F)c2)c2nc(-c3ccc(Cl)c(Cl)c3)cs2)cc1)N1CCNCC1. The quantitative estimate of drug-likeness (QED) is 0.224. The fourth-order valence-corrected chi connectivity index (χ4v) is 5.61. The number of hydrogen-bond acceptors (Lipinski definition) is 6. The average Bonchev–Trinajstić information content (AvgIpc) is 3.44. The number of nitrogens with one attached hydrogen (secondary N) is 1. The van der Waals surface area contributed by atoms with Crippen molar-refractivity contribution in [3.8, 4) is 17.0 Å².